The molecule has 2 rings (SSSR count). The van der Waals surface area contributed by atoms with Crippen molar-refractivity contribution >= 4 is 21.4 Å². The molecule has 0 amide bonds. The van der Waals surface area contributed by atoms with Crippen molar-refractivity contribution in [3.8, 4) is 0 Å². The third-order valence-electron chi connectivity index (χ3n) is 3.30. The summed E-state index contributed by atoms with van der Waals surface area (Å²) >= 11 is 1.26. The minimum absolute atomic E-state index is 0.203. The Kier molecular flexibility index (Phi) is 5.16. The molecular weight excluding hydrogens is 306 g/mol. The van der Waals surface area contributed by atoms with Crippen LogP contribution >= 0.6 is 11.3 Å². The van der Waals surface area contributed by atoms with Crippen LogP contribution in [0, 0.1) is 13.8 Å². The van der Waals surface area contributed by atoms with Crippen molar-refractivity contribution < 1.29 is 13.5 Å². The van der Waals surface area contributed by atoms with Crippen LogP contribution in [0.4, 0.5) is 0 Å². The van der Waals surface area contributed by atoms with Crippen LogP contribution in [-0.4, -0.2) is 20.1 Å². The fraction of sp³-hybridized carbons (Fsp3) is 0.333. The molecule has 4 nitrogen and oxygen atoms in total. The lowest BCUT2D eigenvalue weighted by Crippen LogP contribution is -2.25. The van der Waals surface area contributed by atoms with Gasteiger partial charge in [0.1, 0.15) is 4.21 Å². The maximum atomic E-state index is 12.1. The van der Waals surface area contributed by atoms with E-state index in [9.17, 15) is 13.5 Å². The van der Waals surface area contributed by atoms with Crippen molar-refractivity contribution in [2.45, 2.75) is 30.6 Å². The second-order valence-corrected chi connectivity index (χ2v) is 8.17. The minimum Gasteiger partial charge on any atom is -0.388 e. The van der Waals surface area contributed by atoms with Crippen LogP contribution in [0.3, 0.4) is 0 Å². The smallest absolute Gasteiger partial charge is 0.250 e. The molecule has 1 unspecified atom stereocenters. The molecule has 0 saturated carbocycles. The Balaban J connectivity index is 1.93. The fourth-order valence-corrected chi connectivity index (χ4v) is 4.52. The average molecular weight is 325 g/mol. The molecule has 0 radical (unpaired) electrons. The van der Waals surface area contributed by atoms with E-state index in [2.05, 4.69) is 4.72 Å². The van der Waals surface area contributed by atoms with E-state index >= 15 is 0 Å². The van der Waals surface area contributed by atoms with Crippen LogP contribution < -0.4 is 4.72 Å². The van der Waals surface area contributed by atoms with Crippen LogP contribution in [-0.2, 0) is 10.0 Å². The van der Waals surface area contributed by atoms with Gasteiger partial charge in [0.25, 0.3) is 0 Å². The van der Waals surface area contributed by atoms with E-state index < -0.39 is 16.1 Å². The van der Waals surface area contributed by atoms with Gasteiger partial charge in [0.15, 0.2) is 0 Å². The summed E-state index contributed by atoms with van der Waals surface area (Å²) in [5.41, 5.74) is 1.77. The van der Waals surface area contributed by atoms with Crippen LogP contribution in [0.25, 0.3) is 0 Å². The zero-order valence-electron chi connectivity index (χ0n) is 12.0. The van der Waals surface area contributed by atoms with Crippen LogP contribution in [0.5, 0.6) is 0 Å². The van der Waals surface area contributed by atoms with Gasteiger partial charge in [-0.15, -0.1) is 11.3 Å². The summed E-state index contributed by atoms with van der Waals surface area (Å²) in [6.07, 6.45) is -0.326. The first-order valence-electron chi connectivity index (χ1n) is 6.70. The zero-order valence-corrected chi connectivity index (χ0v) is 13.7. The molecule has 6 heteroatoms. The molecule has 1 heterocycles. The van der Waals surface area contributed by atoms with Gasteiger partial charge in [-0.1, -0.05) is 30.3 Å². The van der Waals surface area contributed by atoms with E-state index in [0.717, 1.165) is 16.0 Å². The van der Waals surface area contributed by atoms with Gasteiger partial charge >= 0.3 is 0 Å². The highest BCUT2D eigenvalue weighted by Crippen LogP contribution is 2.25. The van der Waals surface area contributed by atoms with Crippen LogP contribution in [0.2, 0.25) is 0 Å². The van der Waals surface area contributed by atoms with E-state index in [1.807, 2.05) is 44.2 Å². The topological polar surface area (TPSA) is 66.4 Å². The Morgan fingerprint density at radius 3 is 2.48 bits per heavy atom. The highest BCUT2D eigenvalue weighted by atomic mass is 32.2. The lowest BCUT2D eigenvalue weighted by atomic mass is 10.1. The Labute approximate surface area is 129 Å². The van der Waals surface area contributed by atoms with Gasteiger partial charge in [0, 0.05) is 11.4 Å². The number of aryl methyl sites for hydroxylation is 2. The molecule has 1 aromatic carbocycles. The molecule has 1 atom stereocenters. The summed E-state index contributed by atoms with van der Waals surface area (Å²) in [4.78, 5) is 1.000. The SMILES string of the molecule is Cc1cc(S(=O)(=O)NCCC(O)c2ccccc2)sc1C. The molecule has 21 heavy (non-hydrogen) atoms. The number of hydrogen-bond donors (Lipinski definition) is 2. The molecule has 0 spiro atoms. The predicted octanol–water partition coefficient (Wildman–Crippen LogP) is 2.77. The van der Waals surface area contributed by atoms with Gasteiger partial charge in [-0.3, -0.25) is 0 Å². The monoisotopic (exact) mass is 325 g/mol. The second-order valence-electron chi connectivity index (χ2n) is 4.92. The van der Waals surface area contributed by atoms with Crippen molar-refractivity contribution in [3.63, 3.8) is 0 Å². The third-order valence-corrected chi connectivity index (χ3v) is 6.39. The lowest BCUT2D eigenvalue weighted by molar-refractivity contribution is 0.169. The maximum Gasteiger partial charge on any atom is 0.250 e. The third kappa shape index (κ3) is 4.14. The van der Waals surface area contributed by atoms with E-state index in [1.165, 1.54) is 11.3 Å². The largest absolute Gasteiger partial charge is 0.388 e. The van der Waals surface area contributed by atoms with Gasteiger partial charge in [0.05, 0.1) is 6.10 Å². The normalized spacial score (nSPS) is 13.3. The highest BCUT2D eigenvalue weighted by Gasteiger charge is 2.18. The first-order valence-corrected chi connectivity index (χ1v) is 9.00. The van der Waals surface area contributed by atoms with E-state index in [0.29, 0.717) is 10.6 Å². The number of hydrogen-bond acceptors (Lipinski definition) is 4. The molecule has 0 saturated heterocycles. The Hall–Kier alpha value is -1.21. The number of rotatable bonds is 6. The highest BCUT2D eigenvalue weighted by molar-refractivity contribution is 7.91. The summed E-state index contributed by atoms with van der Waals surface area (Å²) in [5, 5.41) is 10.0. The van der Waals surface area contributed by atoms with E-state index in [1.54, 1.807) is 6.07 Å². The number of nitrogens with one attached hydrogen (secondary N) is 1. The molecule has 0 bridgehead atoms. The molecule has 2 aromatic rings. The zero-order chi connectivity index (χ0) is 15.5. The van der Waals surface area contributed by atoms with E-state index in [4.69, 9.17) is 0 Å². The summed E-state index contributed by atoms with van der Waals surface area (Å²) in [6.45, 7) is 4.00. The second kappa shape index (κ2) is 6.70. The van der Waals surface area contributed by atoms with Gasteiger partial charge in [0.2, 0.25) is 10.0 Å². The number of thiophene rings is 1. The summed E-state index contributed by atoms with van der Waals surface area (Å²) < 4.78 is 27.1. The van der Waals surface area contributed by atoms with Gasteiger partial charge in [-0.25, -0.2) is 13.1 Å². The van der Waals surface area contributed by atoms with Crippen molar-refractivity contribution in [2.24, 2.45) is 0 Å². The number of benzene rings is 1. The van der Waals surface area contributed by atoms with E-state index in [-0.39, 0.29) is 6.54 Å². The summed E-state index contributed by atoms with van der Waals surface area (Å²) in [7, 11) is -3.48. The molecule has 2 N–H and O–H groups in total. The van der Waals surface area contributed by atoms with Gasteiger partial charge in [-0.05, 0) is 37.5 Å². The van der Waals surface area contributed by atoms with Crippen molar-refractivity contribution in [3.05, 3.63) is 52.4 Å². The Bertz CT molecular complexity index is 673. The quantitative estimate of drug-likeness (QED) is 0.858. The number of sulfonamides is 1. The predicted molar refractivity (Wildman–Crippen MR) is 85.0 cm³/mol. The van der Waals surface area contributed by atoms with Crippen molar-refractivity contribution in [1.29, 1.82) is 0 Å². The van der Waals surface area contributed by atoms with Gasteiger partial charge < -0.3 is 5.11 Å². The first-order chi connectivity index (χ1) is 9.90. The lowest BCUT2D eigenvalue weighted by Gasteiger charge is -2.11. The molecule has 114 valence electrons. The minimum atomic E-state index is -3.48. The molecule has 0 aliphatic rings. The van der Waals surface area contributed by atoms with Crippen LogP contribution in [0.15, 0.2) is 40.6 Å². The Morgan fingerprint density at radius 2 is 1.90 bits per heavy atom. The first kappa shape index (κ1) is 16.2. The van der Waals surface area contributed by atoms with Crippen molar-refractivity contribution in [1.82, 2.24) is 4.72 Å². The van der Waals surface area contributed by atoms with Crippen molar-refractivity contribution in [2.75, 3.05) is 6.54 Å². The maximum absolute atomic E-state index is 12.1. The number of aliphatic hydroxyl groups excluding tert-OH is 1. The fourth-order valence-electron chi connectivity index (χ4n) is 1.91. The standard InChI is InChI=1S/C15H19NO3S2/c1-11-10-15(20-12(11)2)21(18,19)16-9-8-14(17)13-6-4-3-5-7-13/h3-7,10,14,16-17H,8-9H2,1-2H3. The average Bonchev–Trinajstić information content (AvgIpc) is 2.80. The summed E-state index contributed by atoms with van der Waals surface area (Å²) in [6, 6.07) is 10.9. The molecular formula is C15H19NO3S2. The summed E-state index contributed by atoms with van der Waals surface area (Å²) in [5.74, 6) is 0. The van der Waals surface area contributed by atoms with Gasteiger partial charge in [-0.2, -0.15) is 0 Å². The molecule has 1 aromatic heterocycles. The van der Waals surface area contributed by atoms with Crippen LogP contribution in [0.1, 0.15) is 28.5 Å². The Morgan fingerprint density at radius 1 is 1.24 bits per heavy atom. The molecule has 0 fully saturated rings. The molecule has 0 aliphatic heterocycles. The molecule has 0 aliphatic carbocycles. The number of aliphatic hydroxyl groups is 1.